The number of anilines is 2. The Morgan fingerprint density at radius 3 is 2.58 bits per heavy atom. The smallest absolute Gasteiger partial charge is 0.346 e. The quantitative estimate of drug-likeness (QED) is 0.545. The largest absolute Gasteiger partial charge is 0.497 e. The van der Waals surface area contributed by atoms with E-state index in [0.717, 1.165) is 11.3 Å². The van der Waals surface area contributed by atoms with Crippen molar-refractivity contribution < 1.29 is 24.2 Å². The number of carbonyl (C=O) groups excluding carboxylic acids is 2. The fraction of sp³-hybridized carbons (Fsp3) is 0.136. The molecule has 9 heteroatoms. The van der Waals surface area contributed by atoms with Gasteiger partial charge in [-0.2, -0.15) is 0 Å². The number of aromatic carboxylic acids is 1. The molecule has 7 nitrogen and oxygen atoms in total. The van der Waals surface area contributed by atoms with E-state index in [1.54, 1.807) is 42.5 Å². The lowest BCUT2D eigenvalue weighted by Gasteiger charge is -2.31. The second-order valence-electron chi connectivity index (χ2n) is 7.32. The van der Waals surface area contributed by atoms with E-state index in [1.165, 1.54) is 7.11 Å². The van der Waals surface area contributed by atoms with Crippen LogP contribution in [-0.4, -0.2) is 30.0 Å². The van der Waals surface area contributed by atoms with Crippen molar-refractivity contribution in [1.82, 2.24) is 0 Å². The third-order valence-electron chi connectivity index (χ3n) is 5.64. The maximum atomic E-state index is 13.2. The molecular weight excluding hydrogens is 440 g/mol. The van der Waals surface area contributed by atoms with Gasteiger partial charge in [0.05, 0.1) is 24.1 Å². The number of benzene rings is 2. The minimum absolute atomic E-state index is 0.0417. The third-order valence-corrected chi connectivity index (χ3v) is 7.21. The van der Waals surface area contributed by atoms with Gasteiger partial charge in [-0.1, -0.05) is 23.7 Å². The molecule has 3 N–H and O–H groups in total. The average Bonchev–Trinajstić information content (AvgIpc) is 3.25. The first-order valence-electron chi connectivity index (χ1n) is 9.31. The Labute approximate surface area is 185 Å². The first-order valence-corrected chi connectivity index (χ1v) is 10.5. The number of hydrogen-bond acceptors (Lipinski definition) is 5. The molecule has 1 atom stereocenters. The topological polar surface area (TPSA) is 105 Å². The van der Waals surface area contributed by atoms with Gasteiger partial charge >= 0.3 is 5.97 Å². The molecule has 31 heavy (non-hydrogen) atoms. The van der Waals surface area contributed by atoms with Crippen molar-refractivity contribution in [1.29, 1.82) is 0 Å². The molecular formula is C22H15ClN2O5S. The lowest BCUT2D eigenvalue weighted by atomic mass is 9.74. The van der Waals surface area contributed by atoms with Gasteiger partial charge in [-0.25, -0.2) is 4.79 Å². The molecule has 0 radical (unpaired) electrons. The van der Waals surface area contributed by atoms with Gasteiger partial charge in [-0.3, -0.25) is 9.59 Å². The van der Waals surface area contributed by atoms with Crippen molar-refractivity contribution in [3.63, 3.8) is 0 Å². The van der Waals surface area contributed by atoms with Crippen molar-refractivity contribution in [3.8, 4) is 16.9 Å². The van der Waals surface area contributed by atoms with Crippen LogP contribution >= 0.6 is 22.9 Å². The van der Waals surface area contributed by atoms with Gasteiger partial charge in [0, 0.05) is 16.3 Å². The minimum Gasteiger partial charge on any atom is -0.497 e. The summed E-state index contributed by atoms with van der Waals surface area (Å²) in [5.74, 6) is -1.27. The maximum Gasteiger partial charge on any atom is 0.346 e. The molecule has 5 rings (SSSR count). The maximum absolute atomic E-state index is 13.2. The van der Waals surface area contributed by atoms with E-state index in [4.69, 9.17) is 16.3 Å². The van der Waals surface area contributed by atoms with Crippen LogP contribution < -0.4 is 15.4 Å². The Kier molecular flexibility index (Phi) is 4.32. The zero-order valence-electron chi connectivity index (χ0n) is 16.1. The first-order chi connectivity index (χ1) is 14.8. The standard InChI is InChI=1S/C22H15ClN2O5S/c1-30-12-5-2-10(3-6-12)16-17-19(31-18(16)20(27)28)22(9-15(26)25-17)13-8-11(23)4-7-14(13)24-21(22)29/h2-8H,9H2,1H3,(H,24,29)(H,25,26)(H,27,28)/t22-/m0/s1. The summed E-state index contributed by atoms with van der Waals surface area (Å²) in [6, 6.07) is 11.9. The van der Waals surface area contributed by atoms with Crippen LogP contribution in [0.25, 0.3) is 11.1 Å². The Hall–Kier alpha value is -3.36. The van der Waals surface area contributed by atoms with Crippen molar-refractivity contribution >= 4 is 52.1 Å². The molecule has 2 amide bonds. The Morgan fingerprint density at radius 2 is 1.90 bits per heavy atom. The summed E-state index contributed by atoms with van der Waals surface area (Å²) < 4.78 is 5.19. The molecule has 156 valence electrons. The highest BCUT2D eigenvalue weighted by Crippen LogP contribution is 2.56. The van der Waals surface area contributed by atoms with Crippen molar-refractivity contribution in [2.45, 2.75) is 11.8 Å². The number of rotatable bonds is 3. The van der Waals surface area contributed by atoms with Gasteiger partial charge in [0.25, 0.3) is 0 Å². The van der Waals surface area contributed by atoms with Gasteiger partial charge in [0.2, 0.25) is 11.8 Å². The molecule has 1 aromatic heterocycles. The Bertz CT molecular complexity index is 1280. The van der Waals surface area contributed by atoms with Crippen molar-refractivity contribution in [2.24, 2.45) is 0 Å². The number of halogens is 1. The van der Waals surface area contributed by atoms with Crippen LogP contribution in [-0.2, 0) is 15.0 Å². The van der Waals surface area contributed by atoms with Gasteiger partial charge in [-0.05, 0) is 41.5 Å². The molecule has 0 saturated heterocycles. The zero-order valence-corrected chi connectivity index (χ0v) is 17.7. The van der Waals surface area contributed by atoms with E-state index in [0.29, 0.717) is 43.7 Å². The molecule has 3 heterocycles. The van der Waals surface area contributed by atoms with Crippen LogP contribution in [0.15, 0.2) is 42.5 Å². The second kappa shape index (κ2) is 6.83. The summed E-state index contributed by atoms with van der Waals surface area (Å²) in [4.78, 5) is 38.7. The number of methoxy groups -OCH3 is 1. The van der Waals surface area contributed by atoms with Gasteiger partial charge < -0.3 is 20.5 Å². The lowest BCUT2D eigenvalue weighted by Crippen LogP contribution is -2.42. The minimum atomic E-state index is -1.34. The average molecular weight is 455 g/mol. The first kappa shape index (κ1) is 19.6. The summed E-state index contributed by atoms with van der Waals surface area (Å²) >= 11 is 7.20. The molecule has 2 aliphatic rings. The molecule has 3 aromatic rings. The Balaban J connectivity index is 1.81. The molecule has 0 unspecified atom stereocenters. The number of carbonyl (C=O) groups is 3. The van der Waals surface area contributed by atoms with Crippen LogP contribution in [0, 0.1) is 0 Å². The number of thiophene rings is 1. The number of amides is 2. The number of ether oxygens (including phenoxy) is 1. The van der Waals surface area contributed by atoms with Crippen LogP contribution in [0.4, 0.5) is 11.4 Å². The predicted molar refractivity (Wildman–Crippen MR) is 117 cm³/mol. The number of nitrogens with one attached hydrogen (secondary N) is 2. The summed E-state index contributed by atoms with van der Waals surface area (Å²) in [5, 5.41) is 16.0. The van der Waals surface area contributed by atoms with Crippen LogP contribution in [0.2, 0.25) is 5.02 Å². The van der Waals surface area contributed by atoms with Crippen molar-refractivity contribution in [2.75, 3.05) is 17.7 Å². The number of fused-ring (bicyclic) bond motifs is 4. The predicted octanol–water partition coefficient (Wildman–Crippen LogP) is 4.36. The molecule has 0 saturated carbocycles. The summed E-state index contributed by atoms with van der Waals surface area (Å²) in [7, 11) is 1.54. The molecule has 2 aliphatic heterocycles. The summed E-state index contributed by atoms with van der Waals surface area (Å²) in [5.41, 5.74) is 1.10. The van der Waals surface area contributed by atoms with Crippen LogP contribution in [0.1, 0.15) is 26.5 Å². The monoisotopic (exact) mass is 454 g/mol. The highest BCUT2D eigenvalue weighted by molar-refractivity contribution is 7.15. The van der Waals surface area contributed by atoms with E-state index in [2.05, 4.69) is 10.6 Å². The number of carboxylic acid groups (broad SMARTS) is 1. The SMILES string of the molecule is COc1ccc(-c2c(C(=O)O)sc3c2NC(=O)C[C@@]32C(=O)Nc3ccc(Cl)cc32)cc1. The third kappa shape index (κ3) is 2.75. The fourth-order valence-electron chi connectivity index (χ4n) is 4.27. The number of carboxylic acids is 1. The lowest BCUT2D eigenvalue weighted by molar-refractivity contribution is -0.125. The van der Waals surface area contributed by atoms with Crippen LogP contribution in [0.3, 0.4) is 0 Å². The highest BCUT2D eigenvalue weighted by Gasteiger charge is 2.55. The molecule has 0 bridgehead atoms. The van der Waals surface area contributed by atoms with Crippen molar-refractivity contribution in [3.05, 3.63) is 62.8 Å². The normalized spacial score (nSPS) is 18.9. The number of hydrogen-bond donors (Lipinski definition) is 3. The molecule has 2 aromatic carbocycles. The van der Waals surface area contributed by atoms with Gasteiger partial charge in [0.1, 0.15) is 16.0 Å². The second-order valence-corrected chi connectivity index (χ2v) is 8.78. The molecule has 1 spiro atoms. The van der Waals surface area contributed by atoms with E-state index < -0.39 is 11.4 Å². The fourth-order valence-corrected chi connectivity index (χ4v) is 5.76. The van der Waals surface area contributed by atoms with E-state index in [9.17, 15) is 19.5 Å². The summed E-state index contributed by atoms with van der Waals surface area (Å²) in [6.07, 6.45) is -0.138. The summed E-state index contributed by atoms with van der Waals surface area (Å²) in [6.45, 7) is 0. The Morgan fingerprint density at radius 1 is 1.16 bits per heavy atom. The van der Waals surface area contributed by atoms with E-state index in [-0.39, 0.29) is 23.1 Å². The van der Waals surface area contributed by atoms with E-state index >= 15 is 0 Å². The van der Waals surface area contributed by atoms with E-state index in [1.807, 2.05) is 0 Å². The van der Waals surface area contributed by atoms with Gasteiger partial charge in [0.15, 0.2) is 0 Å². The molecule has 0 fully saturated rings. The highest BCUT2D eigenvalue weighted by atomic mass is 35.5. The van der Waals surface area contributed by atoms with Crippen LogP contribution in [0.5, 0.6) is 5.75 Å². The zero-order chi connectivity index (χ0) is 21.9. The molecule has 0 aliphatic carbocycles. The van der Waals surface area contributed by atoms with Gasteiger partial charge in [-0.15, -0.1) is 11.3 Å².